The summed E-state index contributed by atoms with van der Waals surface area (Å²) in [5, 5.41) is 6.33. The van der Waals surface area contributed by atoms with Gasteiger partial charge in [0.1, 0.15) is 6.33 Å². The van der Waals surface area contributed by atoms with Crippen LogP contribution in [-0.4, -0.2) is 63.8 Å². The first-order valence-corrected chi connectivity index (χ1v) is 6.71. The standard InChI is InChI=1S/C10H16N4O2S/c1-16-4-3-14(8-2-5-17-6-8)10(15)9-11-7-12-13-9/h7-8H,2-6H2,1H3,(H,11,12,13). The van der Waals surface area contributed by atoms with Gasteiger partial charge in [-0.15, -0.1) is 0 Å². The van der Waals surface area contributed by atoms with Gasteiger partial charge in [0.25, 0.3) is 5.91 Å². The molecule has 6 nitrogen and oxygen atoms in total. The third-order valence-corrected chi connectivity index (χ3v) is 3.91. The molecule has 0 aliphatic carbocycles. The molecule has 2 rings (SSSR count). The van der Waals surface area contributed by atoms with E-state index in [-0.39, 0.29) is 11.9 Å². The molecule has 0 radical (unpaired) electrons. The second kappa shape index (κ2) is 6.02. The monoisotopic (exact) mass is 256 g/mol. The molecule has 0 aromatic carbocycles. The summed E-state index contributed by atoms with van der Waals surface area (Å²) in [5.41, 5.74) is 0. The van der Waals surface area contributed by atoms with Crippen LogP contribution in [0.3, 0.4) is 0 Å². The van der Waals surface area contributed by atoms with Gasteiger partial charge in [-0.2, -0.15) is 16.9 Å². The number of nitrogens with one attached hydrogen (secondary N) is 1. The van der Waals surface area contributed by atoms with Gasteiger partial charge >= 0.3 is 0 Å². The number of rotatable bonds is 5. The van der Waals surface area contributed by atoms with Gasteiger partial charge in [0, 0.05) is 25.4 Å². The molecule has 1 aromatic rings. The Hall–Kier alpha value is -1.08. The number of hydrogen-bond acceptors (Lipinski definition) is 5. The van der Waals surface area contributed by atoms with Gasteiger partial charge < -0.3 is 9.64 Å². The van der Waals surface area contributed by atoms with Crippen LogP contribution in [0.5, 0.6) is 0 Å². The highest BCUT2D eigenvalue weighted by Crippen LogP contribution is 2.23. The van der Waals surface area contributed by atoms with Crippen molar-refractivity contribution >= 4 is 17.7 Å². The second-order valence-corrected chi connectivity index (χ2v) is 4.99. The molecule has 1 N–H and O–H groups in total. The summed E-state index contributed by atoms with van der Waals surface area (Å²) in [6.07, 6.45) is 2.39. The zero-order valence-corrected chi connectivity index (χ0v) is 10.6. The molecule has 2 heterocycles. The van der Waals surface area contributed by atoms with Crippen LogP contribution in [0.15, 0.2) is 6.33 Å². The Kier molecular flexibility index (Phi) is 4.38. The highest BCUT2D eigenvalue weighted by molar-refractivity contribution is 7.99. The average Bonchev–Trinajstić information content (AvgIpc) is 3.02. The van der Waals surface area contributed by atoms with Crippen LogP contribution in [-0.2, 0) is 4.74 Å². The molecule has 1 aliphatic rings. The van der Waals surface area contributed by atoms with Crippen molar-refractivity contribution in [1.29, 1.82) is 0 Å². The largest absolute Gasteiger partial charge is 0.383 e. The van der Waals surface area contributed by atoms with Crippen LogP contribution in [0.25, 0.3) is 0 Å². The smallest absolute Gasteiger partial charge is 0.291 e. The van der Waals surface area contributed by atoms with Gasteiger partial charge in [0.05, 0.1) is 6.61 Å². The number of aromatic amines is 1. The van der Waals surface area contributed by atoms with E-state index in [0.717, 1.165) is 17.9 Å². The Morgan fingerprint density at radius 1 is 1.76 bits per heavy atom. The quantitative estimate of drug-likeness (QED) is 0.825. The van der Waals surface area contributed by atoms with Crippen molar-refractivity contribution in [2.75, 3.05) is 31.8 Å². The minimum absolute atomic E-state index is 0.0907. The van der Waals surface area contributed by atoms with Crippen LogP contribution in [0.2, 0.25) is 0 Å². The minimum atomic E-state index is -0.0907. The number of thioether (sulfide) groups is 1. The van der Waals surface area contributed by atoms with Crippen molar-refractivity contribution in [3.05, 3.63) is 12.2 Å². The van der Waals surface area contributed by atoms with Crippen molar-refractivity contribution in [3.8, 4) is 0 Å². The van der Waals surface area contributed by atoms with Crippen LogP contribution in [0, 0.1) is 0 Å². The average molecular weight is 256 g/mol. The molecule has 1 aliphatic heterocycles. The van der Waals surface area contributed by atoms with Gasteiger partial charge in [0.15, 0.2) is 0 Å². The van der Waals surface area contributed by atoms with Crippen molar-refractivity contribution in [2.24, 2.45) is 0 Å². The molecule has 1 aromatic heterocycles. The lowest BCUT2D eigenvalue weighted by Crippen LogP contribution is -2.42. The zero-order valence-electron chi connectivity index (χ0n) is 9.76. The Balaban J connectivity index is 2.06. The van der Waals surface area contributed by atoms with E-state index in [0.29, 0.717) is 19.0 Å². The fourth-order valence-electron chi connectivity index (χ4n) is 1.85. The first-order chi connectivity index (χ1) is 8.33. The van der Waals surface area contributed by atoms with Gasteiger partial charge in [-0.1, -0.05) is 0 Å². The predicted octanol–water partition coefficient (Wildman–Crippen LogP) is 0.399. The SMILES string of the molecule is COCCN(C(=O)c1ncn[nH]1)C1CCSC1. The minimum Gasteiger partial charge on any atom is -0.383 e. The summed E-state index contributed by atoms with van der Waals surface area (Å²) in [7, 11) is 1.64. The lowest BCUT2D eigenvalue weighted by Gasteiger charge is -2.27. The molecule has 17 heavy (non-hydrogen) atoms. The lowest BCUT2D eigenvalue weighted by molar-refractivity contribution is 0.0613. The number of carbonyl (C=O) groups is 1. The summed E-state index contributed by atoms with van der Waals surface area (Å²) in [4.78, 5) is 18.0. The predicted molar refractivity (Wildman–Crippen MR) is 65.0 cm³/mol. The second-order valence-electron chi connectivity index (χ2n) is 3.84. The van der Waals surface area contributed by atoms with Crippen LogP contribution in [0.1, 0.15) is 17.0 Å². The van der Waals surface area contributed by atoms with E-state index in [2.05, 4.69) is 15.2 Å². The summed E-state index contributed by atoms with van der Waals surface area (Å²) in [6.45, 7) is 1.14. The third kappa shape index (κ3) is 2.98. The first kappa shape index (κ1) is 12.4. The molecule has 94 valence electrons. The Morgan fingerprint density at radius 3 is 3.24 bits per heavy atom. The topological polar surface area (TPSA) is 71.1 Å². The van der Waals surface area contributed by atoms with E-state index in [9.17, 15) is 4.79 Å². The van der Waals surface area contributed by atoms with Crippen molar-refractivity contribution in [1.82, 2.24) is 20.1 Å². The third-order valence-electron chi connectivity index (χ3n) is 2.76. The molecular weight excluding hydrogens is 240 g/mol. The van der Waals surface area contributed by atoms with Crippen LogP contribution < -0.4 is 0 Å². The number of aromatic nitrogens is 3. The molecule has 0 saturated carbocycles. The Labute approximate surface area is 104 Å². The number of nitrogens with zero attached hydrogens (tertiary/aromatic N) is 3. The normalized spacial score (nSPS) is 19.5. The van der Waals surface area contributed by atoms with Crippen molar-refractivity contribution in [2.45, 2.75) is 12.5 Å². The molecule has 1 unspecified atom stereocenters. The van der Waals surface area contributed by atoms with Gasteiger partial charge in [-0.3, -0.25) is 9.89 Å². The molecule has 1 saturated heterocycles. The summed E-state index contributed by atoms with van der Waals surface area (Å²) >= 11 is 1.88. The highest BCUT2D eigenvalue weighted by Gasteiger charge is 2.28. The first-order valence-electron chi connectivity index (χ1n) is 5.56. The van der Waals surface area contributed by atoms with E-state index in [1.807, 2.05) is 16.7 Å². The molecule has 1 atom stereocenters. The number of methoxy groups -OCH3 is 1. The molecule has 1 fully saturated rings. The molecule has 0 spiro atoms. The van der Waals surface area contributed by atoms with Crippen molar-refractivity contribution < 1.29 is 9.53 Å². The Morgan fingerprint density at radius 2 is 2.65 bits per heavy atom. The van der Waals surface area contributed by atoms with E-state index in [1.165, 1.54) is 6.33 Å². The highest BCUT2D eigenvalue weighted by atomic mass is 32.2. The molecule has 7 heteroatoms. The lowest BCUT2D eigenvalue weighted by atomic mass is 10.2. The zero-order chi connectivity index (χ0) is 12.1. The molecule has 0 bridgehead atoms. The van der Waals surface area contributed by atoms with E-state index < -0.39 is 0 Å². The summed E-state index contributed by atoms with van der Waals surface area (Å²) < 4.78 is 5.05. The summed E-state index contributed by atoms with van der Waals surface area (Å²) in [6, 6.07) is 0.285. The summed E-state index contributed by atoms with van der Waals surface area (Å²) in [5.74, 6) is 2.31. The number of hydrogen-bond donors (Lipinski definition) is 1. The van der Waals surface area contributed by atoms with E-state index in [1.54, 1.807) is 7.11 Å². The fraction of sp³-hybridized carbons (Fsp3) is 0.700. The molecular formula is C10H16N4O2S. The fourth-order valence-corrected chi connectivity index (χ4v) is 3.08. The maximum atomic E-state index is 12.2. The maximum Gasteiger partial charge on any atom is 0.291 e. The maximum absolute atomic E-state index is 12.2. The Bertz CT molecular complexity index is 351. The van der Waals surface area contributed by atoms with Gasteiger partial charge in [-0.05, 0) is 12.2 Å². The number of H-pyrrole nitrogens is 1. The van der Waals surface area contributed by atoms with Crippen molar-refractivity contribution in [3.63, 3.8) is 0 Å². The number of ether oxygens (including phenoxy) is 1. The van der Waals surface area contributed by atoms with E-state index >= 15 is 0 Å². The van der Waals surface area contributed by atoms with Crippen LogP contribution in [0.4, 0.5) is 0 Å². The number of amides is 1. The van der Waals surface area contributed by atoms with Crippen LogP contribution >= 0.6 is 11.8 Å². The number of carbonyl (C=O) groups excluding carboxylic acids is 1. The van der Waals surface area contributed by atoms with Gasteiger partial charge in [-0.25, -0.2) is 4.98 Å². The molecule has 1 amide bonds. The van der Waals surface area contributed by atoms with E-state index in [4.69, 9.17) is 4.74 Å². The van der Waals surface area contributed by atoms with Gasteiger partial charge in [0.2, 0.25) is 5.82 Å².